The highest BCUT2D eigenvalue weighted by atomic mass is 15.2. The average molecular weight is 367 g/mol. The fraction of sp³-hybridized carbons (Fsp3) is 0.571. The number of likely N-dealkylation sites (N-methyl/N-ethyl adjacent to an activating group) is 1. The van der Waals surface area contributed by atoms with Crippen LogP contribution in [0.4, 0.5) is 0 Å². The number of piperazine rings is 1. The van der Waals surface area contributed by atoms with Gasteiger partial charge >= 0.3 is 0 Å². The molecule has 6 nitrogen and oxygen atoms in total. The maximum atomic E-state index is 4.52. The van der Waals surface area contributed by atoms with Gasteiger partial charge < -0.3 is 9.80 Å². The monoisotopic (exact) mass is 366 g/mol. The van der Waals surface area contributed by atoms with Crippen molar-refractivity contribution in [3.8, 4) is 11.5 Å². The number of aromatic nitrogens is 3. The van der Waals surface area contributed by atoms with E-state index < -0.39 is 0 Å². The lowest BCUT2D eigenvalue weighted by molar-refractivity contribution is 0.0965. The first-order valence-corrected chi connectivity index (χ1v) is 10.1. The Bertz CT molecular complexity index is 696. The van der Waals surface area contributed by atoms with Gasteiger partial charge in [0.2, 0.25) is 0 Å². The summed E-state index contributed by atoms with van der Waals surface area (Å²) in [4.78, 5) is 21.0. The molecule has 0 N–H and O–H groups in total. The zero-order valence-electron chi connectivity index (χ0n) is 16.3. The Morgan fingerprint density at radius 1 is 0.963 bits per heavy atom. The molecule has 4 heterocycles. The van der Waals surface area contributed by atoms with Crippen molar-refractivity contribution in [2.75, 3.05) is 52.9 Å². The molecule has 2 aromatic heterocycles. The van der Waals surface area contributed by atoms with Crippen molar-refractivity contribution >= 4 is 0 Å². The van der Waals surface area contributed by atoms with Crippen LogP contribution in [0.1, 0.15) is 18.4 Å². The number of piperidine rings is 1. The summed E-state index contributed by atoms with van der Waals surface area (Å²) >= 11 is 0. The van der Waals surface area contributed by atoms with E-state index in [2.05, 4.69) is 36.7 Å². The van der Waals surface area contributed by atoms with Gasteiger partial charge in [0.25, 0.3) is 0 Å². The molecule has 2 aliphatic rings. The smallest absolute Gasteiger partial charge is 0.178 e. The minimum Gasteiger partial charge on any atom is -0.304 e. The van der Waals surface area contributed by atoms with Crippen LogP contribution in [0.25, 0.3) is 11.5 Å². The highest BCUT2D eigenvalue weighted by Gasteiger charge is 2.23. The van der Waals surface area contributed by atoms with E-state index in [0.717, 1.165) is 18.2 Å². The molecule has 0 spiro atoms. The molecule has 2 aliphatic heterocycles. The zero-order valence-corrected chi connectivity index (χ0v) is 16.3. The molecule has 2 aromatic rings. The van der Waals surface area contributed by atoms with Crippen LogP contribution in [-0.2, 0) is 6.54 Å². The van der Waals surface area contributed by atoms with Crippen LogP contribution in [0.15, 0.2) is 36.8 Å². The normalized spacial score (nSPS) is 22.8. The van der Waals surface area contributed by atoms with Crippen molar-refractivity contribution in [2.24, 2.45) is 5.92 Å². The van der Waals surface area contributed by atoms with Crippen LogP contribution >= 0.6 is 0 Å². The molecule has 144 valence electrons. The molecule has 0 unspecified atom stereocenters. The van der Waals surface area contributed by atoms with Crippen molar-refractivity contribution < 1.29 is 0 Å². The first kappa shape index (κ1) is 18.5. The van der Waals surface area contributed by atoms with E-state index in [4.69, 9.17) is 0 Å². The van der Waals surface area contributed by atoms with Crippen molar-refractivity contribution in [2.45, 2.75) is 19.4 Å². The largest absolute Gasteiger partial charge is 0.304 e. The SMILES string of the molecule is CN1CCN(C[C@H]2CCCN(Cc3cnc(-c4ccccn4)nc3)C2)CC1. The molecular weight excluding hydrogens is 336 g/mol. The number of pyridine rings is 1. The molecule has 4 rings (SSSR count). The van der Waals surface area contributed by atoms with E-state index in [1.165, 1.54) is 64.2 Å². The Morgan fingerprint density at radius 2 is 1.78 bits per heavy atom. The summed E-state index contributed by atoms with van der Waals surface area (Å²) in [6.45, 7) is 9.41. The van der Waals surface area contributed by atoms with Crippen LogP contribution < -0.4 is 0 Å². The van der Waals surface area contributed by atoms with Gasteiger partial charge in [0, 0.05) is 70.0 Å². The lowest BCUT2D eigenvalue weighted by Gasteiger charge is -2.38. The van der Waals surface area contributed by atoms with Crippen LogP contribution in [0, 0.1) is 5.92 Å². The van der Waals surface area contributed by atoms with Crippen molar-refractivity contribution in [3.05, 3.63) is 42.4 Å². The van der Waals surface area contributed by atoms with Gasteiger partial charge in [-0.05, 0) is 44.5 Å². The summed E-state index contributed by atoms with van der Waals surface area (Å²) in [5, 5.41) is 0. The first-order valence-electron chi connectivity index (χ1n) is 10.1. The molecule has 1 atom stereocenters. The summed E-state index contributed by atoms with van der Waals surface area (Å²) in [5.74, 6) is 1.49. The molecule has 2 fully saturated rings. The molecule has 6 heteroatoms. The Hall–Kier alpha value is -1.89. The van der Waals surface area contributed by atoms with Crippen LogP contribution in [0.5, 0.6) is 0 Å². The average Bonchev–Trinajstić information content (AvgIpc) is 2.71. The molecule has 27 heavy (non-hydrogen) atoms. The highest BCUT2D eigenvalue weighted by Crippen LogP contribution is 2.20. The van der Waals surface area contributed by atoms with Crippen molar-refractivity contribution in [3.63, 3.8) is 0 Å². The Morgan fingerprint density at radius 3 is 2.52 bits per heavy atom. The van der Waals surface area contributed by atoms with Crippen molar-refractivity contribution in [1.29, 1.82) is 0 Å². The Balaban J connectivity index is 1.30. The predicted octanol–water partition coefficient (Wildman–Crippen LogP) is 2.00. The Labute approximate surface area is 162 Å². The number of rotatable bonds is 5. The number of hydrogen-bond acceptors (Lipinski definition) is 6. The van der Waals surface area contributed by atoms with E-state index in [-0.39, 0.29) is 0 Å². The molecule has 0 bridgehead atoms. The third-order valence-corrected chi connectivity index (χ3v) is 5.72. The van der Waals surface area contributed by atoms with Gasteiger partial charge in [0.1, 0.15) is 5.69 Å². The van der Waals surface area contributed by atoms with Gasteiger partial charge in [0.15, 0.2) is 5.82 Å². The van der Waals surface area contributed by atoms with Crippen LogP contribution in [-0.4, -0.2) is 82.5 Å². The quantitative estimate of drug-likeness (QED) is 0.807. The minimum atomic E-state index is 0.700. The van der Waals surface area contributed by atoms with Gasteiger partial charge in [-0.1, -0.05) is 6.07 Å². The van der Waals surface area contributed by atoms with E-state index >= 15 is 0 Å². The summed E-state index contributed by atoms with van der Waals surface area (Å²) in [6.07, 6.45) is 8.35. The third-order valence-electron chi connectivity index (χ3n) is 5.72. The van der Waals surface area contributed by atoms with Gasteiger partial charge in [-0.2, -0.15) is 0 Å². The first-order chi connectivity index (χ1) is 13.3. The fourth-order valence-electron chi connectivity index (χ4n) is 4.16. The number of likely N-dealkylation sites (tertiary alicyclic amines) is 1. The lowest BCUT2D eigenvalue weighted by Crippen LogP contribution is -2.48. The molecule has 0 saturated carbocycles. The molecule has 0 radical (unpaired) electrons. The topological polar surface area (TPSA) is 48.4 Å². The van der Waals surface area contributed by atoms with Gasteiger partial charge in [-0.15, -0.1) is 0 Å². The second-order valence-electron chi connectivity index (χ2n) is 7.98. The molecular formula is C21H30N6. The molecule has 0 aromatic carbocycles. The predicted molar refractivity (Wildman–Crippen MR) is 107 cm³/mol. The molecule has 2 saturated heterocycles. The van der Waals surface area contributed by atoms with Crippen LogP contribution in [0.3, 0.4) is 0 Å². The standard InChI is InChI=1S/C21H30N6/c1-25-9-11-26(12-10-25)15-18-5-4-8-27(16-18)17-19-13-23-21(24-14-19)20-6-2-3-7-22-20/h2-3,6-7,13-14,18H,4-5,8-12,15-17H2,1H3/t18-/m1/s1. The van der Waals surface area contributed by atoms with Gasteiger partial charge in [-0.25, -0.2) is 9.97 Å². The highest BCUT2D eigenvalue weighted by molar-refractivity contribution is 5.47. The zero-order chi connectivity index (χ0) is 18.5. The van der Waals surface area contributed by atoms with E-state index in [1.54, 1.807) is 6.20 Å². The molecule has 0 amide bonds. The second kappa shape index (κ2) is 8.87. The summed E-state index contributed by atoms with van der Waals surface area (Å²) in [7, 11) is 2.22. The lowest BCUT2D eigenvalue weighted by atomic mass is 9.97. The van der Waals surface area contributed by atoms with Gasteiger partial charge in [0.05, 0.1) is 0 Å². The van der Waals surface area contributed by atoms with Crippen LogP contribution in [0.2, 0.25) is 0 Å². The summed E-state index contributed by atoms with van der Waals surface area (Å²) in [5.41, 5.74) is 2.02. The maximum absolute atomic E-state index is 4.52. The summed E-state index contributed by atoms with van der Waals surface area (Å²) < 4.78 is 0. The van der Waals surface area contributed by atoms with Gasteiger partial charge in [-0.3, -0.25) is 9.88 Å². The maximum Gasteiger partial charge on any atom is 0.178 e. The third kappa shape index (κ3) is 5.09. The second-order valence-corrected chi connectivity index (χ2v) is 7.98. The van der Waals surface area contributed by atoms with E-state index in [9.17, 15) is 0 Å². The number of nitrogens with zero attached hydrogens (tertiary/aromatic N) is 6. The summed E-state index contributed by atoms with van der Waals surface area (Å²) in [6, 6.07) is 5.82. The molecule has 0 aliphatic carbocycles. The van der Waals surface area contributed by atoms with E-state index in [1.807, 2.05) is 30.6 Å². The minimum absolute atomic E-state index is 0.700. The van der Waals surface area contributed by atoms with Crippen molar-refractivity contribution in [1.82, 2.24) is 29.7 Å². The Kier molecular flexibility index (Phi) is 6.07. The fourth-order valence-corrected chi connectivity index (χ4v) is 4.16. The number of hydrogen-bond donors (Lipinski definition) is 0. The van der Waals surface area contributed by atoms with E-state index in [0.29, 0.717) is 5.82 Å².